The number of halogens is 1. The van der Waals surface area contributed by atoms with Gasteiger partial charge in [0.1, 0.15) is 5.82 Å². The molecule has 17 heavy (non-hydrogen) atoms. The Morgan fingerprint density at radius 1 is 1.71 bits per heavy atom. The fraction of sp³-hybridized carbons (Fsp3) is 0.455. The first kappa shape index (κ1) is 14.3. The third-order valence-corrected chi connectivity index (χ3v) is 3.66. The first-order chi connectivity index (χ1) is 8.04. The second-order valence-electron chi connectivity index (χ2n) is 3.62. The van der Waals surface area contributed by atoms with Gasteiger partial charge in [-0.2, -0.15) is 11.8 Å². The summed E-state index contributed by atoms with van der Waals surface area (Å²) in [5, 5.41) is 2.90. The van der Waals surface area contributed by atoms with E-state index in [0.717, 1.165) is 16.0 Å². The van der Waals surface area contributed by atoms with Gasteiger partial charge >= 0.3 is 0 Å². The second kappa shape index (κ2) is 6.86. The number of nitrogens with one attached hydrogen (secondary N) is 1. The van der Waals surface area contributed by atoms with E-state index in [1.54, 1.807) is 24.0 Å². The average Bonchev–Trinajstić information content (AvgIpc) is 2.29. The number of hydrogen-bond acceptors (Lipinski definition) is 4. The van der Waals surface area contributed by atoms with E-state index >= 15 is 0 Å². The summed E-state index contributed by atoms with van der Waals surface area (Å²) in [4.78, 5) is 15.9. The molecule has 1 heterocycles. The van der Waals surface area contributed by atoms with Gasteiger partial charge in [-0.05, 0) is 34.7 Å². The minimum absolute atomic E-state index is 0.117. The van der Waals surface area contributed by atoms with E-state index in [1.807, 2.05) is 6.92 Å². The van der Waals surface area contributed by atoms with Gasteiger partial charge in [-0.25, -0.2) is 4.98 Å². The van der Waals surface area contributed by atoms with Crippen molar-refractivity contribution >= 4 is 39.4 Å². The van der Waals surface area contributed by atoms with Crippen LogP contribution in [0.15, 0.2) is 16.7 Å². The number of pyridine rings is 1. The quantitative estimate of drug-likeness (QED) is 0.874. The molecule has 4 nitrogen and oxygen atoms in total. The molecule has 0 fully saturated rings. The van der Waals surface area contributed by atoms with E-state index in [4.69, 9.17) is 5.73 Å². The first-order valence-electron chi connectivity index (χ1n) is 5.34. The fourth-order valence-corrected chi connectivity index (χ4v) is 2.27. The third kappa shape index (κ3) is 4.55. The monoisotopic (exact) mass is 317 g/mol. The third-order valence-electron chi connectivity index (χ3n) is 2.08. The Hall–Kier alpha value is -0.750. The van der Waals surface area contributed by atoms with Crippen LogP contribution in [0.2, 0.25) is 0 Å². The number of aromatic nitrogens is 1. The lowest BCUT2D eigenvalue weighted by Crippen LogP contribution is -2.34. The summed E-state index contributed by atoms with van der Waals surface area (Å²) in [6.45, 7) is 4.07. The highest BCUT2D eigenvalue weighted by molar-refractivity contribution is 9.10. The van der Waals surface area contributed by atoms with Crippen molar-refractivity contribution in [3.63, 3.8) is 0 Å². The maximum atomic E-state index is 11.9. The zero-order valence-corrected chi connectivity index (χ0v) is 12.3. The van der Waals surface area contributed by atoms with Crippen LogP contribution in [0.4, 0.5) is 5.82 Å². The number of hydrogen-bond donors (Lipinski definition) is 2. The molecule has 0 radical (unpaired) electrons. The lowest BCUT2D eigenvalue weighted by Gasteiger charge is -2.13. The number of amides is 1. The van der Waals surface area contributed by atoms with Crippen LogP contribution >= 0.6 is 27.7 Å². The van der Waals surface area contributed by atoms with Crippen LogP contribution in [0, 0.1) is 0 Å². The van der Waals surface area contributed by atoms with Gasteiger partial charge in [0.25, 0.3) is 5.91 Å². The van der Waals surface area contributed by atoms with Crippen LogP contribution in [0.3, 0.4) is 0 Å². The second-order valence-corrected chi connectivity index (χ2v) is 5.85. The zero-order valence-electron chi connectivity index (χ0n) is 9.87. The number of nitrogens with zero attached hydrogens (tertiary/aromatic N) is 1. The standard InChI is InChI=1S/C11H16BrN3OS/c1-3-17-6-7(2)15-11(16)9-4-8(12)5-14-10(9)13/h4-5,7H,3,6H2,1-2H3,(H2,13,14)(H,15,16). The van der Waals surface area contributed by atoms with E-state index in [2.05, 4.69) is 33.2 Å². The van der Waals surface area contributed by atoms with E-state index in [0.29, 0.717) is 5.56 Å². The van der Waals surface area contributed by atoms with Gasteiger partial charge in [0.05, 0.1) is 5.56 Å². The van der Waals surface area contributed by atoms with Crippen LogP contribution < -0.4 is 11.1 Å². The molecule has 0 bridgehead atoms. The molecule has 3 N–H and O–H groups in total. The van der Waals surface area contributed by atoms with Crippen molar-refractivity contribution < 1.29 is 4.79 Å². The average molecular weight is 318 g/mol. The normalized spacial score (nSPS) is 12.2. The minimum atomic E-state index is -0.180. The van der Waals surface area contributed by atoms with Crippen LogP contribution in [-0.2, 0) is 0 Å². The van der Waals surface area contributed by atoms with E-state index in [-0.39, 0.29) is 17.8 Å². The highest BCUT2D eigenvalue weighted by Gasteiger charge is 2.13. The molecule has 1 atom stereocenters. The van der Waals surface area contributed by atoms with Gasteiger partial charge in [-0.3, -0.25) is 4.79 Å². The molecule has 1 aromatic rings. The molecule has 0 saturated carbocycles. The lowest BCUT2D eigenvalue weighted by molar-refractivity contribution is 0.0944. The predicted octanol–water partition coefficient (Wildman–Crippen LogP) is 2.30. The molecule has 1 rings (SSSR count). The summed E-state index contributed by atoms with van der Waals surface area (Å²) in [7, 11) is 0. The highest BCUT2D eigenvalue weighted by Crippen LogP contribution is 2.15. The molecule has 0 aliphatic rings. The first-order valence-corrected chi connectivity index (χ1v) is 7.29. The Morgan fingerprint density at radius 2 is 2.41 bits per heavy atom. The molecular weight excluding hydrogens is 302 g/mol. The number of nitrogen functional groups attached to an aromatic ring is 1. The lowest BCUT2D eigenvalue weighted by atomic mass is 10.2. The Balaban J connectivity index is 2.66. The largest absolute Gasteiger partial charge is 0.383 e. The van der Waals surface area contributed by atoms with Gasteiger partial charge < -0.3 is 11.1 Å². The SMILES string of the molecule is CCSCC(C)NC(=O)c1cc(Br)cnc1N. The number of nitrogens with two attached hydrogens (primary N) is 1. The summed E-state index contributed by atoms with van der Waals surface area (Å²) >= 11 is 5.06. The molecular formula is C11H16BrN3OS. The summed E-state index contributed by atoms with van der Waals surface area (Å²) in [6.07, 6.45) is 1.57. The minimum Gasteiger partial charge on any atom is -0.383 e. The molecule has 6 heteroatoms. The number of carbonyl (C=O) groups is 1. The topological polar surface area (TPSA) is 68.0 Å². The molecule has 0 aliphatic carbocycles. The maximum absolute atomic E-state index is 11.9. The van der Waals surface area contributed by atoms with Crippen LogP contribution in [0.25, 0.3) is 0 Å². The van der Waals surface area contributed by atoms with Gasteiger partial charge in [-0.1, -0.05) is 6.92 Å². The number of carbonyl (C=O) groups excluding carboxylic acids is 1. The van der Waals surface area contributed by atoms with Crippen LogP contribution in [0.1, 0.15) is 24.2 Å². The summed E-state index contributed by atoms with van der Waals surface area (Å²) < 4.78 is 0.743. The van der Waals surface area contributed by atoms with Crippen molar-refractivity contribution in [3.05, 3.63) is 22.3 Å². The number of rotatable bonds is 5. The van der Waals surface area contributed by atoms with Crippen molar-refractivity contribution in [3.8, 4) is 0 Å². The molecule has 0 spiro atoms. The Labute approximate surface area is 114 Å². The Kier molecular flexibility index (Phi) is 5.77. The molecule has 0 aliphatic heterocycles. The summed E-state index contributed by atoms with van der Waals surface area (Å²) in [5.74, 6) is 2.01. The van der Waals surface area contributed by atoms with Crippen molar-refractivity contribution in [2.24, 2.45) is 0 Å². The van der Waals surface area contributed by atoms with Crippen molar-refractivity contribution in [1.29, 1.82) is 0 Å². The highest BCUT2D eigenvalue weighted by atomic mass is 79.9. The van der Waals surface area contributed by atoms with Gasteiger partial charge in [-0.15, -0.1) is 0 Å². The van der Waals surface area contributed by atoms with Crippen molar-refractivity contribution in [2.75, 3.05) is 17.2 Å². The molecule has 1 unspecified atom stereocenters. The fourth-order valence-electron chi connectivity index (χ4n) is 1.27. The number of thioether (sulfide) groups is 1. The molecule has 94 valence electrons. The van der Waals surface area contributed by atoms with Gasteiger partial charge in [0.2, 0.25) is 0 Å². The van der Waals surface area contributed by atoms with Gasteiger partial charge in [0, 0.05) is 22.5 Å². The molecule has 1 aromatic heterocycles. The van der Waals surface area contributed by atoms with Crippen LogP contribution in [0.5, 0.6) is 0 Å². The Morgan fingerprint density at radius 3 is 3.06 bits per heavy atom. The van der Waals surface area contributed by atoms with Crippen molar-refractivity contribution in [1.82, 2.24) is 10.3 Å². The van der Waals surface area contributed by atoms with Crippen LogP contribution in [-0.4, -0.2) is 28.4 Å². The molecule has 1 amide bonds. The smallest absolute Gasteiger partial charge is 0.255 e. The predicted molar refractivity (Wildman–Crippen MR) is 76.3 cm³/mol. The summed E-state index contributed by atoms with van der Waals surface area (Å²) in [5.41, 5.74) is 6.08. The molecule has 0 aromatic carbocycles. The maximum Gasteiger partial charge on any atom is 0.255 e. The van der Waals surface area contributed by atoms with E-state index in [1.165, 1.54) is 0 Å². The number of anilines is 1. The van der Waals surface area contributed by atoms with Gasteiger partial charge in [0.15, 0.2) is 0 Å². The van der Waals surface area contributed by atoms with E-state index < -0.39 is 0 Å². The molecule has 0 saturated heterocycles. The van der Waals surface area contributed by atoms with Crippen molar-refractivity contribution in [2.45, 2.75) is 19.9 Å². The zero-order chi connectivity index (χ0) is 12.8. The summed E-state index contributed by atoms with van der Waals surface area (Å²) in [6, 6.07) is 1.79. The Bertz CT molecular complexity index is 400. The van der Waals surface area contributed by atoms with E-state index in [9.17, 15) is 4.79 Å².